The van der Waals surface area contributed by atoms with E-state index in [1.165, 1.54) is 30.3 Å². The van der Waals surface area contributed by atoms with E-state index in [0.717, 1.165) is 6.26 Å². The van der Waals surface area contributed by atoms with Gasteiger partial charge in [-0.25, -0.2) is 17.6 Å². The van der Waals surface area contributed by atoms with Gasteiger partial charge in [0.25, 0.3) is 5.91 Å². The molecule has 1 N–H and O–H groups in total. The summed E-state index contributed by atoms with van der Waals surface area (Å²) in [6.45, 7) is 4.16. The van der Waals surface area contributed by atoms with Crippen LogP contribution in [0.25, 0.3) is 0 Å². The minimum Gasteiger partial charge on any atom is -0.427 e. The van der Waals surface area contributed by atoms with Crippen molar-refractivity contribution in [2.24, 2.45) is 0 Å². The Hall–Kier alpha value is -1.84. The summed E-state index contributed by atoms with van der Waals surface area (Å²) in [5, 5.41) is 2.25. The summed E-state index contributed by atoms with van der Waals surface area (Å²) < 4.78 is 47.2. The number of halogens is 3. The second kappa shape index (κ2) is 11.4. The molecule has 0 aliphatic carbocycles. The highest BCUT2D eigenvalue weighted by Crippen LogP contribution is 2.25. The Morgan fingerprint density at radius 2 is 1.83 bits per heavy atom. The molecule has 0 spiro atoms. The molecule has 1 aromatic carbocycles. The zero-order valence-electron chi connectivity index (χ0n) is 15.8. The smallest absolute Gasteiger partial charge is 0.427 e. The van der Waals surface area contributed by atoms with Crippen LogP contribution in [0.3, 0.4) is 0 Å². The van der Waals surface area contributed by atoms with E-state index >= 15 is 0 Å². The number of carbonyl (C=O) groups excluding carboxylic acids is 2. The van der Waals surface area contributed by atoms with Gasteiger partial charge in [-0.05, 0) is 24.1 Å². The third-order valence-electron chi connectivity index (χ3n) is 3.83. The van der Waals surface area contributed by atoms with Crippen LogP contribution in [0.1, 0.15) is 25.0 Å². The first-order valence-corrected chi connectivity index (χ1v) is 11.2. The first kappa shape index (κ1) is 25.2. The van der Waals surface area contributed by atoms with Gasteiger partial charge in [0.15, 0.2) is 20.8 Å². The van der Waals surface area contributed by atoms with Crippen LogP contribution in [0.15, 0.2) is 41.8 Å². The molecule has 0 saturated carbocycles. The zero-order chi connectivity index (χ0) is 22.2. The van der Waals surface area contributed by atoms with Gasteiger partial charge in [0, 0.05) is 6.26 Å². The van der Waals surface area contributed by atoms with Crippen LogP contribution < -0.4 is 5.32 Å². The number of hydrogen-bond donors (Lipinski definition) is 1. The Bertz CT molecular complexity index is 816. The largest absolute Gasteiger partial charge is 0.509 e. The van der Waals surface area contributed by atoms with Crippen molar-refractivity contribution >= 4 is 45.1 Å². The Morgan fingerprint density at radius 1 is 1.24 bits per heavy atom. The molecule has 29 heavy (non-hydrogen) atoms. The van der Waals surface area contributed by atoms with Crippen LogP contribution in [0.5, 0.6) is 0 Å². The van der Waals surface area contributed by atoms with Crippen LogP contribution in [0.4, 0.5) is 9.18 Å². The molecule has 1 aromatic rings. The van der Waals surface area contributed by atoms with Gasteiger partial charge in [0.2, 0.25) is 0 Å². The molecular weight excluding hydrogens is 448 g/mol. The molecule has 0 aromatic heterocycles. The summed E-state index contributed by atoms with van der Waals surface area (Å²) >= 11 is 11.0. The predicted octanol–water partition coefficient (Wildman–Crippen LogP) is 3.51. The van der Waals surface area contributed by atoms with Crippen molar-refractivity contribution in [2.45, 2.75) is 41.3 Å². The van der Waals surface area contributed by atoms with Gasteiger partial charge < -0.3 is 14.8 Å². The fourth-order valence-electron chi connectivity index (χ4n) is 2.28. The van der Waals surface area contributed by atoms with Crippen LogP contribution in [-0.4, -0.2) is 50.4 Å². The highest BCUT2D eigenvalue weighted by Gasteiger charge is 2.31. The van der Waals surface area contributed by atoms with E-state index in [9.17, 15) is 22.4 Å². The van der Waals surface area contributed by atoms with Gasteiger partial charge in [-0.15, -0.1) is 0 Å². The van der Waals surface area contributed by atoms with Crippen molar-refractivity contribution in [3.05, 3.63) is 42.5 Å². The van der Waals surface area contributed by atoms with Gasteiger partial charge in [-0.1, -0.05) is 54.9 Å². The number of hydrogen-bond acceptors (Lipinski definition) is 6. The normalized spacial score (nSPS) is 14.6. The zero-order valence-corrected chi connectivity index (χ0v) is 18.1. The molecule has 0 saturated heterocycles. The van der Waals surface area contributed by atoms with Crippen LogP contribution in [0, 0.1) is 0 Å². The molecule has 162 valence electrons. The summed E-state index contributed by atoms with van der Waals surface area (Å²) in [6.07, 6.45) is -0.203. The Morgan fingerprint density at radius 3 is 2.24 bits per heavy atom. The summed E-state index contributed by atoms with van der Waals surface area (Å²) in [7, 11) is -3.47. The lowest BCUT2D eigenvalue weighted by molar-refractivity contribution is -0.121. The Labute approximate surface area is 179 Å². The average Bonchev–Trinajstić information content (AvgIpc) is 2.67. The lowest BCUT2D eigenvalue weighted by atomic mass is 10.0. The molecule has 7 nitrogen and oxygen atoms in total. The van der Waals surface area contributed by atoms with Crippen LogP contribution in [0.2, 0.25) is 0 Å². The standard InChI is InChI=1S/C18H22Cl2FNO6S/c1-4-12(5-2)27-18(24)28-15(14(10-21)22-17(23)16(19)20)11-6-8-13(9-7-11)29(3,25)26/h4,6-9,12,14-16H,1,5,10H2,2-3H3,(H,22,23). The van der Waals surface area contributed by atoms with Gasteiger partial charge in [0.1, 0.15) is 12.8 Å². The molecule has 0 bridgehead atoms. The minimum absolute atomic E-state index is 0.0164. The van der Waals surface area contributed by atoms with Gasteiger partial charge in [-0.3, -0.25) is 4.79 Å². The maximum atomic E-state index is 13.7. The minimum atomic E-state index is -3.47. The SMILES string of the molecule is C=CC(CC)OC(=O)OC(c1ccc(S(C)(=O)=O)cc1)C(CF)NC(=O)C(Cl)Cl. The van der Waals surface area contributed by atoms with E-state index in [0.29, 0.717) is 6.42 Å². The van der Waals surface area contributed by atoms with Crippen molar-refractivity contribution in [3.8, 4) is 0 Å². The lowest BCUT2D eigenvalue weighted by Crippen LogP contribution is -2.44. The molecule has 3 atom stereocenters. The van der Waals surface area contributed by atoms with E-state index in [-0.39, 0.29) is 10.5 Å². The quantitative estimate of drug-likeness (QED) is 0.319. The number of ether oxygens (including phenoxy) is 2. The molecule has 1 rings (SSSR count). The molecule has 0 heterocycles. The number of amides is 1. The summed E-state index contributed by atoms with van der Waals surface area (Å²) in [4.78, 5) is 22.5. The number of benzene rings is 1. The van der Waals surface area contributed by atoms with Crippen molar-refractivity contribution in [3.63, 3.8) is 0 Å². The molecule has 1 amide bonds. The van der Waals surface area contributed by atoms with Gasteiger partial charge >= 0.3 is 6.16 Å². The highest BCUT2D eigenvalue weighted by molar-refractivity contribution is 7.90. The third-order valence-corrected chi connectivity index (χ3v) is 5.36. The Kier molecular flexibility index (Phi) is 9.88. The van der Waals surface area contributed by atoms with Crippen molar-refractivity contribution in [1.82, 2.24) is 5.32 Å². The van der Waals surface area contributed by atoms with Crippen molar-refractivity contribution < 1.29 is 31.9 Å². The van der Waals surface area contributed by atoms with Gasteiger partial charge in [-0.2, -0.15) is 0 Å². The topological polar surface area (TPSA) is 98.8 Å². The average molecular weight is 470 g/mol. The predicted molar refractivity (Wildman–Crippen MR) is 108 cm³/mol. The molecule has 0 radical (unpaired) electrons. The molecular formula is C18H22Cl2FNO6S. The van der Waals surface area contributed by atoms with E-state index in [2.05, 4.69) is 11.9 Å². The van der Waals surface area contributed by atoms with Crippen molar-refractivity contribution in [2.75, 3.05) is 12.9 Å². The third kappa shape index (κ3) is 7.83. The number of sulfone groups is 1. The number of alkyl halides is 3. The molecule has 0 aliphatic rings. The number of carbonyl (C=O) groups is 2. The maximum Gasteiger partial charge on any atom is 0.509 e. The lowest BCUT2D eigenvalue weighted by Gasteiger charge is -2.27. The van der Waals surface area contributed by atoms with E-state index in [1.54, 1.807) is 6.92 Å². The van der Waals surface area contributed by atoms with E-state index in [1.807, 2.05) is 0 Å². The second-order valence-electron chi connectivity index (χ2n) is 6.00. The van der Waals surface area contributed by atoms with E-state index < -0.39 is 51.7 Å². The van der Waals surface area contributed by atoms with Crippen LogP contribution >= 0.6 is 23.2 Å². The maximum absolute atomic E-state index is 13.7. The fourth-order valence-corrected chi connectivity index (χ4v) is 3.04. The summed E-state index contributed by atoms with van der Waals surface area (Å²) in [5.74, 6) is -0.886. The fraction of sp³-hybridized carbons (Fsp3) is 0.444. The molecule has 0 fully saturated rings. The van der Waals surface area contributed by atoms with Crippen LogP contribution in [-0.2, 0) is 24.1 Å². The van der Waals surface area contributed by atoms with Crippen molar-refractivity contribution in [1.29, 1.82) is 0 Å². The number of rotatable bonds is 10. The number of nitrogens with one attached hydrogen (secondary N) is 1. The molecule has 11 heteroatoms. The molecule has 3 unspecified atom stereocenters. The first-order chi connectivity index (χ1) is 13.5. The summed E-state index contributed by atoms with van der Waals surface area (Å²) in [5.41, 5.74) is 0.227. The summed E-state index contributed by atoms with van der Waals surface area (Å²) in [6, 6.07) is 3.88. The highest BCUT2D eigenvalue weighted by atomic mass is 35.5. The Balaban J connectivity index is 3.20. The van der Waals surface area contributed by atoms with E-state index in [4.69, 9.17) is 32.7 Å². The molecule has 0 aliphatic heterocycles. The second-order valence-corrected chi connectivity index (χ2v) is 9.11. The first-order valence-electron chi connectivity index (χ1n) is 8.47. The monoisotopic (exact) mass is 469 g/mol. The van der Waals surface area contributed by atoms with Gasteiger partial charge in [0.05, 0.1) is 10.9 Å².